The molecule has 0 aromatic carbocycles. The summed E-state index contributed by atoms with van der Waals surface area (Å²) in [4.78, 5) is 51.0. The highest BCUT2D eigenvalue weighted by molar-refractivity contribution is 7.45. The molecule has 0 radical (unpaired) electrons. The monoisotopic (exact) mass is 733 g/mol. The summed E-state index contributed by atoms with van der Waals surface area (Å²) in [5.74, 6) is -2.28. The van der Waals surface area contributed by atoms with E-state index in [4.69, 9.17) is 15.2 Å². The Morgan fingerprint density at radius 1 is 1.18 bits per heavy atom. The highest BCUT2D eigenvalue weighted by Crippen LogP contribution is 2.49. The number of hydrogen-bond acceptors (Lipinski definition) is 10. The van der Waals surface area contributed by atoms with Crippen LogP contribution in [-0.4, -0.2) is 108 Å². The quantitative estimate of drug-likeness (QED) is 0.0625. The Bertz CT molecular complexity index is 1390. The fourth-order valence-electron chi connectivity index (χ4n) is 4.77. The Labute approximate surface area is 294 Å². The van der Waals surface area contributed by atoms with E-state index in [1.165, 1.54) is 35.7 Å². The molecular formula is C32H52F3N8O6P. The smallest absolute Gasteiger partial charge is 0.425 e. The number of nitrogens with zero attached hydrogens (tertiary/aromatic N) is 6. The van der Waals surface area contributed by atoms with Crippen molar-refractivity contribution in [1.82, 2.24) is 29.8 Å². The molecule has 2 unspecified atom stereocenters. The summed E-state index contributed by atoms with van der Waals surface area (Å²) in [6, 6.07) is 0.171. The normalized spacial score (nSPS) is 19.3. The van der Waals surface area contributed by atoms with Crippen molar-refractivity contribution in [3.05, 3.63) is 28.3 Å². The second kappa shape index (κ2) is 21.1. The number of aromatic nitrogens is 2. The van der Waals surface area contributed by atoms with Gasteiger partial charge in [-0.2, -0.15) is 18.2 Å². The van der Waals surface area contributed by atoms with Crippen LogP contribution in [0.3, 0.4) is 0 Å². The van der Waals surface area contributed by atoms with Crippen LogP contribution in [0.2, 0.25) is 0 Å². The fraction of sp³-hybridized carbons (Fsp3) is 0.688. The molecule has 1 fully saturated rings. The summed E-state index contributed by atoms with van der Waals surface area (Å²) in [6.07, 6.45) is 2.63. The van der Waals surface area contributed by atoms with Crippen molar-refractivity contribution in [2.45, 2.75) is 110 Å². The lowest BCUT2D eigenvalue weighted by Crippen LogP contribution is -2.37. The molecule has 1 aromatic heterocycles. The van der Waals surface area contributed by atoms with Crippen molar-refractivity contribution >= 4 is 45.0 Å². The fourth-order valence-corrected chi connectivity index (χ4v) is 6.39. The average Bonchev–Trinajstić information content (AvgIpc) is 3.45. The summed E-state index contributed by atoms with van der Waals surface area (Å²) in [5.41, 5.74) is -0.263. The molecule has 50 heavy (non-hydrogen) atoms. The lowest BCUT2D eigenvalue weighted by molar-refractivity contribution is -0.173. The third kappa shape index (κ3) is 14.4. The van der Waals surface area contributed by atoms with Crippen molar-refractivity contribution in [2.75, 3.05) is 33.7 Å². The zero-order valence-electron chi connectivity index (χ0n) is 30.9. The van der Waals surface area contributed by atoms with Gasteiger partial charge in [0.25, 0.3) is 0 Å². The van der Waals surface area contributed by atoms with Crippen LogP contribution in [0.25, 0.3) is 6.08 Å². The van der Waals surface area contributed by atoms with E-state index in [9.17, 15) is 27.6 Å². The van der Waals surface area contributed by atoms with Gasteiger partial charge in [0.05, 0.1) is 18.5 Å². The van der Waals surface area contributed by atoms with Gasteiger partial charge in [0.2, 0.25) is 5.91 Å². The molecule has 2 N–H and O–H groups in total. The molecule has 2 rings (SSSR count). The number of unbranched alkanes of at least 4 members (excludes halogenated alkanes) is 3. The molecule has 4 atom stereocenters. The van der Waals surface area contributed by atoms with E-state index in [2.05, 4.69) is 25.0 Å². The maximum atomic E-state index is 13.3. The first kappa shape index (κ1) is 41.0. The van der Waals surface area contributed by atoms with Gasteiger partial charge in [-0.1, -0.05) is 12.8 Å². The third-order valence-electron chi connectivity index (χ3n) is 7.09. The minimum atomic E-state index is -4.90. The molecule has 14 nitrogen and oxygen atoms in total. The number of aliphatic imine (C=N–C) groups is 2. The van der Waals surface area contributed by atoms with E-state index >= 15 is 0 Å². The molecule has 18 heteroatoms. The van der Waals surface area contributed by atoms with Gasteiger partial charge >= 0.3 is 26.3 Å². The van der Waals surface area contributed by atoms with Crippen LogP contribution >= 0.6 is 8.53 Å². The summed E-state index contributed by atoms with van der Waals surface area (Å²) in [6.45, 7) is 10.7. The maximum Gasteiger partial charge on any atom is 0.471 e. The van der Waals surface area contributed by atoms with Crippen molar-refractivity contribution in [3.8, 4) is 0 Å². The van der Waals surface area contributed by atoms with Gasteiger partial charge in [0.15, 0.2) is 12.2 Å². The van der Waals surface area contributed by atoms with Crippen LogP contribution in [0.1, 0.15) is 86.8 Å². The van der Waals surface area contributed by atoms with Crippen LogP contribution in [0, 0.1) is 0 Å². The number of alkyl halides is 3. The molecule has 0 bridgehead atoms. The standard InChI is InChI=1S/C32H52F3N8O6P/c1-9-36-21-47-50(43(22(2)3)23(4)5)49-26-18-28(48-24(26)6)42-19-25(29(40-31(42)46)39-20-41(7)8)14-15-27(44)37-16-12-10-11-13-17-38-30(45)32(33,34)35/h14-15,19-24,26,28H,9-13,16-18H2,1-8H3,(H,37,44)(H,38,45)/b15-14+,36-21?,39-20?/t24-,26?,28-,50?/m1/s1/i6D. The summed E-state index contributed by atoms with van der Waals surface area (Å²) >= 11 is 0. The highest BCUT2D eigenvalue weighted by atomic mass is 31.2. The second-order valence-electron chi connectivity index (χ2n) is 12.2. The van der Waals surface area contributed by atoms with E-state index in [0.29, 0.717) is 44.3 Å². The molecule has 2 heterocycles. The van der Waals surface area contributed by atoms with Crippen LogP contribution in [0.5, 0.6) is 0 Å². The molecule has 282 valence electrons. The minimum absolute atomic E-state index is 0.0788. The molecule has 1 aliphatic rings. The van der Waals surface area contributed by atoms with Crippen molar-refractivity contribution in [1.29, 1.82) is 0 Å². The first-order valence-electron chi connectivity index (χ1n) is 17.3. The molecule has 1 aromatic rings. The highest BCUT2D eigenvalue weighted by Gasteiger charge is 2.40. The SMILES string of the molecule is [2H]C[C@H]1O[C@@H](n2cc(/C=C/C(=O)NCCCCCCNC(=O)C(F)(F)F)c(N=CN(C)C)nc2=O)CC1OP(OC=NCC)N(C(C)C)C(C)C. The van der Waals surface area contributed by atoms with E-state index in [1.807, 2.05) is 39.9 Å². The number of carbonyl (C=O) groups excluding carboxylic acids is 2. The van der Waals surface area contributed by atoms with E-state index in [-0.39, 0.29) is 37.8 Å². The van der Waals surface area contributed by atoms with Crippen LogP contribution < -0.4 is 16.3 Å². The Morgan fingerprint density at radius 3 is 2.42 bits per heavy atom. The van der Waals surface area contributed by atoms with Crippen molar-refractivity contribution in [2.24, 2.45) is 9.98 Å². The maximum absolute atomic E-state index is 13.3. The topological polar surface area (TPSA) is 152 Å². The molecule has 1 aliphatic heterocycles. The summed E-state index contributed by atoms with van der Waals surface area (Å²) in [5, 5.41) is 4.58. The summed E-state index contributed by atoms with van der Waals surface area (Å²) < 4.78 is 66.9. The number of halogens is 3. The predicted octanol–water partition coefficient (Wildman–Crippen LogP) is 4.94. The lowest BCUT2D eigenvalue weighted by atomic mass is 10.2. The predicted molar refractivity (Wildman–Crippen MR) is 188 cm³/mol. The van der Waals surface area contributed by atoms with Crippen LogP contribution in [0.15, 0.2) is 27.1 Å². The van der Waals surface area contributed by atoms with Gasteiger partial charge < -0.3 is 29.3 Å². The molecular weight excluding hydrogens is 680 g/mol. The minimum Gasteiger partial charge on any atom is -0.425 e. The Morgan fingerprint density at radius 2 is 1.84 bits per heavy atom. The van der Waals surface area contributed by atoms with Crippen molar-refractivity contribution in [3.63, 3.8) is 0 Å². The van der Waals surface area contributed by atoms with Crippen LogP contribution in [-0.2, 0) is 23.4 Å². The van der Waals surface area contributed by atoms with Gasteiger partial charge in [-0.3, -0.25) is 19.1 Å². The largest absolute Gasteiger partial charge is 0.471 e. The number of nitrogens with one attached hydrogen (secondary N) is 2. The Balaban J connectivity index is 2.16. The lowest BCUT2D eigenvalue weighted by Gasteiger charge is -2.36. The zero-order chi connectivity index (χ0) is 38.1. The molecule has 0 saturated carbocycles. The van der Waals surface area contributed by atoms with E-state index in [0.717, 1.165) is 0 Å². The first-order valence-corrected chi connectivity index (χ1v) is 17.7. The van der Waals surface area contributed by atoms with Crippen LogP contribution in [0.4, 0.5) is 19.0 Å². The van der Waals surface area contributed by atoms with E-state index in [1.54, 1.807) is 19.0 Å². The van der Waals surface area contributed by atoms with Gasteiger partial charge in [-0.15, -0.1) is 0 Å². The van der Waals surface area contributed by atoms with Gasteiger partial charge in [0, 0.05) is 71.4 Å². The Kier molecular flexibility index (Phi) is 17.3. The first-order chi connectivity index (χ1) is 24.1. The molecule has 0 spiro atoms. The van der Waals surface area contributed by atoms with Crippen molar-refractivity contribution < 1.29 is 37.9 Å². The zero-order valence-corrected chi connectivity index (χ0v) is 30.7. The number of hydrogen-bond donors (Lipinski definition) is 2. The van der Waals surface area contributed by atoms with Gasteiger partial charge in [0.1, 0.15) is 6.23 Å². The Hall–Kier alpha value is -3.40. The number of rotatable bonds is 20. The van der Waals surface area contributed by atoms with E-state index < -0.39 is 50.6 Å². The molecule has 0 aliphatic carbocycles. The number of carbonyl (C=O) groups is 2. The van der Waals surface area contributed by atoms with Gasteiger partial charge in [-0.25, -0.2) is 14.5 Å². The number of ether oxygens (including phenoxy) is 1. The van der Waals surface area contributed by atoms with Gasteiger partial charge in [-0.05, 0) is 60.4 Å². The number of amides is 2. The summed E-state index contributed by atoms with van der Waals surface area (Å²) in [7, 11) is 1.89. The second-order valence-corrected chi connectivity index (χ2v) is 13.6. The molecule has 2 amide bonds. The third-order valence-corrected chi connectivity index (χ3v) is 9.11. The molecule has 1 saturated heterocycles. The average molecular weight is 734 g/mol.